The number of aliphatic hydroxyl groups is 1. The summed E-state index contributed by atoms with van der Waals surface area (Å²) in [5.41, 5.74) is 7.46. The molecule has 1 unspecified atom stereocenters. The average molecular weight is 292 g/mol. The lowest BCUT2D eigenvalue weighted by Gasteiger charge is -2.15. The molecule has 0 saturated carbocycles. The van der Waals surface area contributed by atoms with E-state index in [2.05, 4.69) is 27.9 Å². The highest BCUT2D eigenvalue weighted by molar-refractivity contribution is 14.1. The molecule has 72 valence electrons. The molecule has 0 amide bonds. The molecule has 4 N–H and O–H groups in total. The zero-order valence-electron chi connectivity index (χ0n) is 7.42. The monoisotopic (exact) mass is 292 g/mol. The maximum Gasteiger partial charge on any atom is 0.0627 e. The van der Waals surface area contributed by atoms with E-state index in [1.807, 2.05) is 18.2 Å². The van der Waals surface area contributed by atoms with Crippen molar-refractivity contribution in [2.24, 2.45) is 0 Å². The highest BCUT2D eigenvalue weighted by Gasteiger charge is 2.10. The summed E-state index contributed by atoms with van der Waals surface area (Å²) in [5.74, 6) is 0. The lowest BCUT2D eigenvalue weighted by molar-refractivity contribution is 0.251. The Kier molecular flexibility index (Phi) is 3.95. The van der Waals surface area contributed by atoms with Crippen molar-refractivity contribution in [3.05, 3.63) is 27.3 Å². The van der Waals surface area contributed by atoms with Crippen molar-refractivity contribution in [1.82, 2.24) is 5.32 Å². The van der Waals surface area contributed by atoms with Gasteiger partial charge in [-0.05, 0) is 53.4 Å². The second kappa shape index (κ2) is 4.78. The fraction of sp³-hybridized carbons (Fsp3) is 0.333. The molecule has 3 nitrogen and oxygen atoms in total. The van der Waals surface area contributed by atoms with Crippen LogP contribution in [0.5, 0.6) is 0 Å². The topological polar surface area (TPSA) is 58.3 Å². The van der Waals surface area contributed by atoms with E-state index in [4.69, 9.17) is 10.8 Å². The van der Waals surface area contributed by atoms with Gasteiger partial charge in [-0.2, -0.15) is 0 Å². The van der Waals surface area contributed by atoms with E-state index in [1.165, 1.54) is 0 Å². The summed E-state index contributed by atoms with van der Waals surface area (Å²) in [5, 5.41) is 12.1. The second-order valence-electron chi connectivity index (χ2n) is 2.80. The fourth-order valence-electron chi connectivity index (χ4n) is 1.19. The molecular weight excluding hydrogens is 279 g/mol. The molecule has 1 aromatic carbocycles. The number of hydrogen-bond donors (Lipinski definition) is 3. The van der Waals surface area contributed by atoms with Crippen LogP contribution in [0.3, 0.4) is 0 Å². The van der Waals surface area contributed by atoms with Crippen molar-refractivity contribution in [3.63, 3.8) is 0 Å². The third-order valence-corrected chi connectivity index (χ3v) is 2.63. The van der Waals surface area contributed by atoms with Gasteiger partial charge in [-0.15, -0.1) is 0 Å². The van der Waals surface area contributed by atoms with Crippen LogP contribution in [0.25, 0.3) is 0 Å². The highest BCUT2D eigenvalue weighted by atomic mass is 127. The lowest BCUT2D eigenvalue weighted by Crippen LogP contribution is -2.21. The summed E-state index contributed by atoms with van der Waals surface area (Å²) in [6.45, 7) is 0.0563. The van der Waals surface area contributed by atoms with Crippen LogP contribution >= 0.6 is 22.6 Å². The van der Waals surface area contributed by atoms with E-state index < -0.39 is 0 Å². The number of likely N-dealkylation sites (N-methyl/N-ethyl adjacent to an activating group) is 1. The van der Waals surface area contributed by atoms with Crippen LogP contribution in [0.15, 0.2) is 18.2 Å². The summed E-state index contributed by atoms with van der Waals surface area (Å²) in [4.78, 5) is 0. The first-order valence-electron chi connectivity index (χ1n) is 4.02. The number of nitrogens with two attached hydrogens (primary N) is 1. The second-order valence-corrected chi connectivity index (χ2v) is 4.04. The van der Waals surface area contributed by atoms with Gasteiger partial charge in [0.15, 0.2) is 0 Å². The van der Waals surface area contributed by atoms with Crippen LogP contribution in [0.2, 0.25) is 0 Å². The fourth-order valence-corrected chi connectivity index (χ4v) is 1.71. The van der Waals surface area contributed by atoms with Gasteiger partial charge in [0.1, 0.15) is 0 Å². The number of halogens is 1. The Morgan fingerprint density at radius 3 is 2.85 bits per heavy atom. The number of hydrogen-bond acceptors (Lipinski definition) is 3. The lowest BCUT2D eigenvalue weighted by atomic mass is 10.1. The predicted molar refractivity (Wildman–Crippen MR) is 62.5 cm³/mol. The van der Waals surface area contributed by atoms with Gasteiger partial charge in [0, 0.05) is 9.26 Å². The van der Waals surface area contributed by atoms with Gasteiger partial charge >= 0.3 is 0 Å². The molecule has 0 aliphatic heterocycles. The maximum atomic E-state index is 9.07. The van der Waals surface area contributed by atoms with Crippen LogP contribution < -0.4 is 11.1 Å². The maximum absolute atomic E-state index is 9.07. The Balaban J connectivity index is 3.03. The summed E-state index contributed by atoms with van der Waals surface area (Å²) in [7, 11) is 1.81. The zero-order chi connectivity index (χ0) is 9.84. The Morgan fingerprint density at radius 1 is 1.62 bits per heavy atom. The van der Waals surface area contributed by atoms with Crippen LogP contribution in [0, 0.1) is 3.57 Å². The molecule has 0 aromatic heterocycles. The molecule has 0 radical (unpaired) electrons. The molecule has 1 aromatic rings. The average Bonchev–Trinajstić information content (AvgIpc) is 2.13. The first-order valence-corrected chi connectivity index (χ1v) is 5.10. The standard InChI is InChI=1S/C9H13IN2O/c1-12-9(5-13)7-4-6(10)2-3-8(7)11/h2-4,9,12-13H,5,11H2,1H3. The summed E-state index contributed by atoms with van der Waals surface area (Å²) in [6.07, 6.45) is 0. The number of nitrogen functional groups attached to an aromatic ring is 1. The SMILES string of the molecule is CNC(CO)c1cc(I)ccc1N. The van der Waals surface area contributed by atoms with E-state index >= 15 is 0 Å². The van der Waals surface area contributed by atoms with Crippen molar-refractivity contribution < 1.29 is 5.11 Å². The predicted octanol–water partition coefficient (Wildman–Crippen LogP) is 1.13. The third-order valence-electron chi connectivity index (χ3n) is 1.96. The molecule has 0 spiro atoms. The molecule has 0 aliphatic carbocycles. The number of anilines is 1. The van der Waals surface area contributed by atoms with E-state index in [1.54, 1.807) is 7.05 Å². The third kappa shape index (κ3) is 2.55. The zero-order valence-corrected chi connectivity index (χ0v) is 9.58. The van der Waals surface area contributed by atoms with Crippen molar-refractivity contribution in [2.75, 3.05) is 19.4 Å². The first-order chi connectivity index (χ1) is 6.19. The molecule has 0 saturated heterocycles. The van der Waals surface area contributed by atoms with Crippen molar-refractivity contribution >= 4 is 28.3 Å². The number of aliphatic hydroxyl groups excluding tert-OH is 1. The number of rotatable bonds is 3. The minimum Gasteiger partial charge on any atom is -0.398 e. The minimum atomic E-state index is -0.0743. The first kappa shape index (κ1) is 10.7. The summed E-state index contributed by atoms with van der Waals surface area (Å²) in [6, 6.07) is 5.71. The van der Waals surface area contributed by atoms with E-state index in [0.717, 1.165) is 9.13 Å². The van der Waals surface area contributed by atoms with Crippen molar-refractivity contribution in [2.45, 2.75) is 6.04 Å². The number of benzene rings is 1. The molecule has 0 fully saturated rings. The van der Waals surface area contributed by atoms with E-state index in [0.29, 0.717) is 5.69 Å². The number of nitrogens with one attached hydrogen (secondary N) is 1. The van der Waals surface area contributed by atoms with Gasteiger partial charge in [-0.25, -0.2) is 0 Å². The molecule has 0 aliphatic rings. The molecule has 0 bridgehead atoms. The Labute approximate surface area is 91.5 Å². The molecule has 13 heavy (non-hydrogen) atoms. The van der Waals surface area contributed by atoms with Crippen LogP contribution in [0.1, 0.15) is 11.6 Å². The molecular formula is C9H13IN2O. The van der Waals surface area contributed by atoms with Gasteiger partial charge in [0.05, 0.1) is 12.6 Å². The van der Waals surface area contributed by atoms with Crippen LogP contribution in [-0.2, 0) is 0 Å². The van der Waals surface area contributed by atoms with Gasteiger partial charge in [-0.1, -0.05) is 0 Å². The van der Waals surface area contributed by atoms with Gasteiger partial charge in [0.25, 0.3) is 0 Å². The van der Waals surface area contributed by atoms with E-state index in [9.17, 15) is 0 Å². The van der Waals surface area contributed by atoms with E-state index in [-0.39, 0.29) is 12.6 Å². The largest absolute Gasteiger partial charge is 0.398 e. The Hall–Kier alpha value is -0.330. The van der Waals surface area contributed by atoms with Crippen LogP contribution in [0.4, 0.5) is 5.69 Å². The van der Waals surface area contributed by atoms with Crippen LogP contribution in [-0.4, -0.2) is 18.8 Å². The molecule has 0 heterocycles. The summed E-state index contributed by atoms with van der Waals surface area (Å²) >= 11 is 2.22. The normalized spacial score (nSPS) is 12.8. The van der Waals surface area contributed by atoms with Gasteiger partial charge in [-0.3, -0.25) is 0 Å². The molecule has 4 heteroatoms. The Bertz CT molecular complexity index is 287. The van der Waals surface area contributed by atoms with Gasteiger partial charge in [0.2, 0.25) is 0 Å². The quantitative estimate of drug-likeness (QED) is 0.578. The van der Waals surface area contributed by atoms with Crippen molar-refractivity contribution in [3.8, 4) is 0 Å². The van der Waals surface area contributed by atoms with Gasteiger partial charge < -0.3 is 16.2 Å². The minimum absolute atomic E-state index is 0.0563. The summed E-state index contributed by atoms with van der Waals surface area (Å²) < 4.78 is 1.12. The molecule has 1 rings (SSSR count). The Morgan fingerprint density at radius 2 is 2.31 bits per heavy atom. The highest BCUT2D eigenvalue weighted by Crippen LogP contribution is 2.22. The molecule has 1 atom stereocenters. The van der Waals surface area contributed by atoms with Crippen molar-refractivity contribution in [1.29, 1.82) is 0 Å². The smallest absolute Gasteiger partial charge is 0.0627 e.